The number of carbonyl (C=O) groups excluding carboxylic acids is 2. The molecular weight excluding hydrogens is 168 g/mol. The minimum atomic E-state index is -0.422. The third kappa shape index (κ3) is 2.65. The lowest BCUT2D eigenvalue weighted by Gasteiger charge is -2.14. The van der Waals surface area contributed by atoms with Gasteiger partial charge in [0, 0.05) is 19.2 Å². The third-order valence-corrected chi connectivity index (χ3v) is 2.04. The van der Waals surface area contributed by atoms with E-state index in [1.165, 1.54) is 11.1 Å². The molecule has 0 radical (unpaired) electrons. The van der Waals surface area contributed by atoms with E-state index in [1.807, 2.05) is 0 Å². The average molecular weight is 182 g/mol. The number of imide groups is 1. The van der Waals surface area contributed by atoms with Gasteiger partial charge < -0.3 is 0 Å². The van der Waals surface area contributed by atoms with E-state index in [0.29, 0.717) is 13.0 Å². The number of likely N-dealkylation sites (tertiary alicyclic amines) is 1. The molecule has 3 amide bonds. The smallest absolute Gasteiger partial charge is 0.274 e. The highest BCUT2D eigenvalue weighted by atomic mass is 16.2. The van der Waals surface area contributed by atoms with Crippen LogP contribution in [0.1, 0.15) is 32.6 Å². The maximum absolute atomic E-state index is 11.4. The summed E-state index contributed by atoms with van der Waals surface area (Å²) in [6.07, 6.45) is 4.70. The standard InChI is InChI=1S/C9H14N2O2/c1-2-10-9(13)11-7-5-3-4-6-8(11)12/h2H,3-7H2,1H3. The summed E-state index contributed by atoms with van der Waals surface area (Å²) in [5.41, 5.74) is 0. The van der Waals surface area contributed by atoms with Crippen molar-refractivity contribution in [2.75, 3.05) is 6.54 Å². The molecule has 72 valence electrons. The molecule has 0 N–H and O–H groups in total. The molecule has 1 aliphatic heterocycles. The summed E-state index contributed by atoms with van der Waals surface area (Å²) in [7, 11) is 0. The van der Waals surface area contributed by atoms with Crippen molar-refractivity contribution in [3.63, 3.8) is 0 Å². The van der Waals surface area contributed by atoms with E-state index in [2.05, 4.69) is 4.99 Å². The van der Waals surface area contributed by atoms with Crippen molar-refractivity contribution in [1.82, 2.24) is 4.90 Å². The van der Waals surface area contributed by atoms with Crippen molar-refractivity contribution >= 4 is 18.2 Å². The number of aliphatic imine (C=N–C) groups is 1. The fourth-order valence-corrected chi connectivity index (χ4v) is 1.37. The van der Waals surface area contributed by atoms with Gasteiger partial charge in [-0.1, -0.05) is 6.42 Å². The first-order valence-electron chi connectivity index (χ1n) is 4.58. The molecule has 0 aromatic heterocycles. The normalized spacial score (nSPS) is 19.2. The van der Waals surface area contributed by atoms with Gasteiger partial charge in [0.2, 0.25) is 5.91 Å². The van der Waals surface area contributed by atoms with Crippen LogP contribution in [0.15, 0.2) is 4.99 Å². The lowest BCUT2D eigenvalue weighted by Crippen LogP contribution is -2.34. The van der Waals surface area contributed by atoms with E-state index >= 15 is 0 Å². The van der Waals surface area contributed by atoms with Crippen LogP contribution < -0.4 is 0 Å². The van der Waals surface area contributed by atoms with Gasteiger partial charge in [-0.2, -0.15) is 0 Å². The summed E-state index contributed by atoms with van der Waals surface area (Å²) >= 11 is 0. The second-order valence-corrected chi connectivity index (χ2v) is 3.03. The molecule has 1 rings (SSSR count). The second kappa shape index (κ2) is 4.74. The van der Waals surface area contributed by atoms with Gasteiger partial charge in [-0.15, -0.1) is 0 Å². The molecule has 4 heteroatoms. The Morgan fingerprint density at radius 3 is 2.92 bits per heavy atom. The first kappa shape index (κ1) is 9.89. The summed E-state index contributed by atoms with van der Waals surface area (Å²) in [5, 5.41) is 0. The number of hydrogen-bond donors (Lipinski definition) is 0. The number of rotatable bonds is 0. The molecule has 0 saturated carbocycles. The molecule has 0 aromatic carbocycles. The number of carbonyl (C=O) groups is 2. The van der Waals surface area contributed by atoms with Gasteiger partial charge in [0.15, 0.2) is 0 Å². The fraction of sp³-hybridized carbons (Fsp3) is 0.667. The van der Waals surface area contributed by atoms with Crippen molar-refractivity contribution < 1.29 is 9.59 Å². The van der Waals surface area contributed by atoms with Crippen molar-refractivity contribution in [2.45, 2.75) is 32.6 Å². The first-order valence-corrected chi connectivity index (χ1v) is 4.58. The van der Waals surface area contributed by atoms with Gasteiger partial charge in [0.1, 0.15) is 0 Å². The van der Waals surface area contributed by atoms with Gasteiger partial charge in [0.25, 0.3) is 0 Å². The van der Waals surface area contributed by atoms with Crippen LogP contribution in [0, 0.1) is 0 Å². The SMILES string of the molecule is CC=NC(=O)N1CCCCCC1=O. The van der Waals surface area contributed by atoms with Gasteiger partial charge in [-0.25, -0.2) is 9.79 Å². The number of nitrogens with zero attached hydrogens (tertiary/aromatic N) is 2. The second-order valence-electron chi connectivity index (χ2n) is 3.03. The zero-order valence-corrected chi connectivity index (χ0v) is 7.82. The van der Waals surface area contributed by atoms with Crippen LogP contribution >= 0.6 is 0 Å². The Bertz CT molecular complexity index is 236. The Morgan fingerprint density at radius 2 is 2.23 bits per heavy atom. The molecule has 1 fully saturated rings. The molecule has 0 aromatic rings. The Morgan fingerprint density at radius 1 is 1.46 bits per heavy atom. The Balaban J connectivity index is 2.64. The Kier molecular flexibility index (Phi) is 3.61. The number of hydrogen-bond acceptors (Lipinski definition) is 2. The summed E-state index contributed by atoms with van der Waals surface area (Å²) in [6.45, 7) is 2.19. The highest BCUT2D eigenvalue weighted by Gasteiger charge is 2.21. The summed E-state index contributed by atoms with van der Waals surface area (Å²) < 4.78 is 0. The predicted octanol–water partition coefficient (Wildman–Crippen LogP) is 1.60. The topological polar surface area (TPSA) is 49.7 Å². The molecule has 4 nitrogen and oxygen atoms in total. The Labute approximate surface area is 77.6 Å². The van der Waals surface area contributed by atoms with E-state index in [1.54, 1.807) is 6.92 Å². The van der Waals surface area contributed by atoms with Crippen LogP contribution in [0.3, 0.4) is 0 Å². The zero-order valence-electron chi connectivity index (χ0n) is 7.82. The lowest BCUT2D eigenvalue weighted by atomic mass is 10.2. The van der Waals surface area contributed by atoms with Crippen LogP contribution in [0.4, 0.5) is 4.79 Å². The average Bonchev–Trinajstić information content (AvgIpc) is 2.30. The van der Waals surface area contributed by atoms with Gasteiger partial charge >= 0.3 is 6.03 Å². The zero-order chi connectivity index (χ0) is 9.68. The monoisotopic (exact) mass is 182 g/mol. The van der Waals surface area contributed by atoms with Gasteiger partial charge in [0.05, 0.1) is 0 Å². The molecule has 1 heterocycles. The van der Waals surface area contributed by atoms with E-state index < -0.39 is 6.03 Å². The van der Waals surface area contributed by atoms with Crippen molar-refractivity contribution in [2.24, 2.45) is 4.99 Å². The van der Waals surface area contributed by atoms with Crippen LogP contribution in [0.5, 0.6) is 0 Å². The fourth-order valence-electron chi connectivity index (χ4n) is 1.37. The van der Waals surface area contributed by atoms with Crippen LogP contribution in [-0.2, 0) is 4.79 Å². The summed E-state index contributed by atoms with van der Waals surface area (Å²) in [4.78, 5) is 27.5. The molecule has 0 bridgehead atoms. The summed E-state index contributed by atoms with van der Waals surface area (Å²) in [6, 6.07) is -0.422. The van der Waals surface area contributed by atoms with E-state index in [4.69, 9.17) is 0 Å². The van der Waals surface area contributed by atoms with Crippen LogP contribution in [0.25, 0.3) is 0 Å². The molecule has 13 heavy (non-hydrogen) atoms. The van der Waals surface area contributed by atoms with Crippen LogP contribution in [0.2, 0.25) is 0 Å². The third-order valence-electron chi connectivity index (χ3n) is 2.04. The molecule has 1 saturated heterocycles. The van der Waals surface area contributed by atoms with Gasteiger partial charge in [-0.05, 0) is 19.8 Å². The minimum absolute atomic E-state index is 0.0897. The van der Waals surface area contributed by atoms with E-state index in [-0.39, 0.29) is 5.91 Å². The minimum Gasteiger partial charge on any atom is -0.274 e. The van der Waals surface area contributed by atoms with E-state index in [9.17, 15) is 9.59 Å². The molecule has 0 atom stereocenters. The highest BCUT2D eigenvalue weighted by Crippen LogP contribution is 2.11. The molecule has 0 aliphatic carbocycles. The number of amides is 3. The molecular formula is C9H14N2O2. The van der Waals surface area contributed by atoms with Crippen molar-refractivity contribution in [3.8, 4) is 0 Å². The van der Waals surface area contributed by atoms with Gasteiger partial charge in [-0.3, -0.25) is 9.69 Å². The quantitative estimate of drug-likeness (QED) is 0.534. The van der Waals surface area contributed by atoms with E-state index in [0.717, 1.165) is 19.3 Å². The molecule has 0 unspecified atom stereocenters. The molecule has 1 aliphatic rings. The highest BCUT2D eigenvalue weighted by molar-refractivity contribution is 5.97. The summed E-state index contributed by atoms with van der Waals surface area (Å²) in [5.74, 6) is -0.0897. The predicted molar refractivity (Wildman–Crippen MR) is 49.7 cm³/mol. The van der Waals surface area contributed by atoms with Crippen molar-refractivity contribution in [1.29, 1.82) is 0 Å². The molecule has 0 spiro atoms. The maximum Gasteiger partial charge on any atom is 0.349 e. The lowest BCUT2D eigenvalue weighted by molar-refractivity contribution is -0.127. The largest absolute Gasteiger partial charge is 0.349 e. The Hall–Kier alpha value is -1.19. The number of urea groups is 1. The maximum atomic E-state index is 11.4. The van der Waals surface area contributed by atoms with Crippen molar-refractivity contribution in [3.05, 3.63) is 0 Å². The first-order chi connectivity index (χ1) is 6.25. The van der Waals surface area contributed by atoms with Crippen LogP contribution in [-0.4, -0.2) is 29.6 Å².